The van der Waals surface area contributed by atoms with Crippen LogP contribution in [-0.2, 0) is 21.1 Å². The molecule has 4 rings (SSSR count). The van der Waals surface area contributed by atoms with Crippen LogP contribution >= 0.6 is 45.2 Å². The van der Waals surface area contributed by atoms with Gasteiger partial charge in [-0.05, 0) is 0 Å². The molecule has 0 heterocycles. The van der Waals surface area contributed by atoms with Gasteiger partial charge in [0.05, 0.1) is 0 Å². The van der Waals surface area contributed by atoms with E-state index >= 15 is 0 Å². The second kappa shape index (κ2) is 9.90. The predicted octanol–water partition coefficient (Wildman–Crippen LogP) is 10.3. The van der Waals surface area contributed by atoms with Gasteiger partial charge in [-0.3, -0.25) is 0 Å². The fraction of sp³-hybridized carbons (Fsp3) is 0.333. The van der Waals surface area contributed by atoms with Gasteiger partial charge in [-0.1, -0.05) is 0 Å². The molecular formula is C30H34I2O2Zr. The first-order valence-electron chi connectivity index (χ1n) is 12.0. The molecule has 5 heteroatoms. The number of hydrogen-bond acceptors (Lipinski definition) is 2. The van der Waals surface area contributed by atoms with Crippen LogP contribution in [0, 0.1) is 7.14 Å². The normalized spacial score (nSPS) is 24.6. The minimum absolute atomic E-state index is 0.317. The summed E-state index contributed by atoms with van der Waals surface area (Å²) in [7, 11) is 0. The van der Waals surface area contributed by atoms with E-state index in [1.54, 1.807) is 0 Å². The molecule has 2 aliphatic carbocycles. The fourth-order valence-corrected chi connectivity index (χ4v) is 19.2. The van der Waals surface area contributed by atoms with Gasteiger partial charge in [0.2, 0.25) is 0 Å². The van der Waals surface area contributed by atoms with Crippen LogP contribution in [-0.4, -0.2) is 0 Å². The first-order chi connectivity index (χ1) is 16.3. The van der Waals surface area contributed by atoms with Crippen LogP contribution in [0.5, 0.6) is 11.5 Å². The Hall–Kier alpha value is -0.657. The summed E-state index contributed by atoms with van der Waals surface area (Å²) in [5.41, 5.74) is 8.09. The molecule has 2 aromatic rings. The van der Waals surface area contributed by atoms with Crippen molar-refractivity contribution in [2.75, 3.05) is 0 Å². The summed E-state index contributed by atoms with van der Waals surface area (Å²) in [5, 5.41) is 0. The van der Waals surface area contributed by atoms with Gasteiger partial charge >= 0.3 is 246 Å². The van der Waals surface area contributed by atoms with Crippen LogP contribution in [0.3, 0.4) is 0 Å². The van der Waals surface area contributed by atoms with Crippen molar-refractivity contribution in [3.05, 3.63) is 101 Å². The Labute approximate surface area is 243 Å². The van der Waals surface area contributed by atoms with E-state index in [0.717, 1.165) is 18.6 Å². The van der Waals surface area contributed by atoms with E-state index in [9.17, 15) is 0 Å². The maximum absolute atomic E-state index is 7.46. The maximum atomic E-state index is 7.46. The molecule has 0 fully saturated rings. The Morgan fingerprint density at radius 3 is 1.29 bits per heavy atom. The molecule has 0 spiro atoms. The van der Waals surface area contributed by atoms with Crippen LogP contribution in [0.15, 0.2) is 94.1 Å². The zero-order valence-electron chi connectivity index (χ0n) is 21.8. The third-order valence-electron chi connectivity index (χ3n) is 8.36. The molecule has 0 saturated heterocycles. The van der Waals surface area contributed by atoms with Crippen molar-refractivity contribution in [3.8, 4) is 11.5 Å². The quantitative estimate of drug-likeness (QED) is 0.273. The fourth-order valence-electron chi connectivity index (χ4n) is 5.73. The summed E-state index contributed by atoms with van der Waals surface area (Å²) >= 11 is 0.342. The summed E-state index contributed by atoms with van der Waals surface area (Å²) in [4.78, 5) is 0. The second-order valence-corrected chi connectivity index (χ2v) is 21.9. The molecule has 0 bridgehead atoms. The monoisotopic (exact) mass is 770 g/mol. The molecular weight excluding hydrogens is 737 g/mol. The van der Waals surface area contributed by atoms with Crippen LogP contribution in [0.2, 0.25) is 6.25 Å². The molecule has 2 aliphatic rings. The summed E-state index contributed by atoms with van der Waals surface area (Å²) in [6.07, 6.45) is 4.90. The Balaban J connectivity index is 2.09. The van der Waals surface area contributed by atoms with Crippen LogP contribution in [0.25, 0.3) is 0 Å². The van der Waals surface area contributed by atoms with Crippen LogP contribution < -0.4 is 5.63 Å². The first-order valence-corrected chi connectivity index (χ1v) is 18.6. The van der Waals surface area contributed by atoms with Gasteiger partial charge in [0.1, 0.15) is 0 Å². The Bertz CT molecular complexity index is 1220. The van der Waals surface area contributed by atoms with Gasteiger partial charge in [-0.25, -0.2) is 0 Å². The predicted molar refractivity (Wildman–Crippen MR) is 161 cm³/mol. The van der Waals surface area contributed by atoms with E-state index in [4.69, 9.17) is 5.63 Å². The molecule has 0 aromatic heterocycles. The number of hydrogen-bond donors (Lipinski definition) is 0. The van der Waals surface area contributed by atoms with Crippen molar-refractivity contribution < 1.29 is 26.8 Å². The Kier molecular flexibility index (Phi) is 7.75. The van der Waals surface area contributed by atoms with Crippen molar-refractivity contribution in [3.63, 3.8) is 0 Å². The first kappa shape index (κ1) is 27.4. The molecule has 0 aliphatic heterocycles. The van der Waals surface area contributed by atoms with Gasteiger partial charge in [-0.15, -0.1) is 0 Å². The topological polar surface area (TPSA) is 18.5 Å². The molecule has 184 valence electrons. The average Bonchev–Trinajstić information content (AvgIpc) is 3.13. The Morgan fingerprint density at radius 1 is 0.629 bits per heavy atom. The molecule has 0 amide bonds. The summed E-state index contributed by atoms with van der Waals surface area (Å²) in [6.45, 7) is 18.2. The molecule has 2 unspecified atom stereocenters. The SMILES string of the molecule is CC1=C[C](C)([Zr]([O]c2cccc(I)c2)([O]c2cccc(I)c2)[C]2(C)C=C(C)C(C)=C2C)C(C)=C1C. The van der Waals surface area contributed by atoms with Gasteiger partial charge in [0, 0.05) is 0 Å². The second-order valence-electron chi connectivity index (χ2n) is 10.3. The third kappa shape index (κ3) is 4.50. The number of allylic oxidation sites excluding steroid dienone is 8. The van der Waals surface area contributed by atoms with Gasteiger partial charge in [0.25, 0.3) is 0 Å². The van der Waals surface area contributed by atoms with Crippen molar-refractivity contribution in [2.24, 2.45) is 0 Å². The van der Waals surface area contributed by atoms with Gasteiger partial charge < -0.3 is 0 Å². The summed E-state index contributed by atoms with van der Waals surface area (Å²) in [5.74, 6) is 1.79. The van der Waals surface area contributed by atoms with E-state index in [2.05, 4.69) is 161 Å². The number of rotatable bonds is 6. The van der Waals surface area contributed by atoms with E-state index in [1.165, 1.54) is 33.4 Å². The van der Waals surface area contributed by atoms with Crippen molar-refractivity contribution in [2.45, 2.75) is 61.6 Å². The zero-order chi connectivity index (χ0) is 25.8. The molecule has 2 aromatic carbocycles. The zero-order valence-corrected chi connectivity index (χ0v) is 28.6. The summed E-state index contributed by atoms with van der Waals surface area (Å²) < 4.78 is 16.6. The molecule has 0 N–H and O–H groups in total. The summed E-state index contributed by atoms with van der Waals surface area (Å²) in [6, 6.07) is 16.9. The van der Waals surface area contributed by atoms with Crippen LogP contribution in [0.4, 0.5) is 0 Å². The molecule has 2 atom stereocenters. The molecule has 0 saturated carbocycles. The standard InChI is InChI=1S/2C9H13.2C6H5IO.Zr/c2*1-6-5-7(2)9(4)8(6)3;2*7-5-2-1-3-6(8)4-5;/h2*5H,1-4H3;2*1-4,8H;/q;;;;+2/p-2. The van der Waals surface area contributed by atoms with Gasteiger partial charge in [-0.2, -0.15) is 0 Å². The minimum atomic E-state index is -4.40. The average molecular weight is 772 g/mol. The Morgan fingerprint density at radius 2 is 1.00 bits per heavy atom. The van der Waals surface area contributed by atoms with E-state index in [-0.39, 0.29) is 6.25 Å². The van der Waals surface area contributed by atoms with Crippen molar-refractivity contribution >= 4 is 45.2 Å². The number of halogens is 2. The number of benzene rings is 2. The molecule has 2 nitrogen and oxygen atoms in total. The van der Waals surface area contributed by atoms with Crippen molar-refractivity contribution in [1.82, 2.24) is 0 Å². The van der Waals surface area contributed by atoms with E-state index < -0.39 is 21.1 Å². The van der Waals surface area contributed by atoms with Crippen molar-refractivity contribution in [1.29, 1.82) is 0 Å². The van der Waals surface area contributed by atoms with E-state index in [0.29, 0.717) is 0 Å². The van der Waals surface area contributed by atoms with Gasteiger partial charge in [0.15, 0.2) is 0 Å². The molecule has 35 heavy (non-hydrogen) atoms. The third-order valence-corrected chi connectivity index (χ3v) is 21.5. The van der Waals surface area contributed by atoms with E-state index in [1.807, 2.05) is 0 Å². The molecule has 0 radical (unpaired) electrons. The van der Waals surface area contributed by atoms with Crippen LogP contribution in [0.1, 0.15) is 55.4 Å².